The van der Waals surface area contributed by atoms with Crippen molar-refractivity contribution in [2.75, 3.05) is 7.11 Å². The van der Waals surface area contributed by atoms with Crippen molar-refractivity contribution in [2.24, 2.45) is 0 Å². The fourth-order valence-corrected chi connectivity index (χ4v) is 2.43. The lowest BCUT2D eigenvalue weighted by atomic mass is 10.0. The Labute approximate surface area is 108 Å². The molecule has 1 N–H and O–H groups in total. The smallest absolute Gasteiger partial charge is 0.128 e. The maximum atomic E-state index is 10.3. The molecule has 2 aromatic rings. The van der Waals surface area contributed by atoms with E-state index in [4.69, 9.17) is 4.74 Å². The second-order valence-electron chi connectivity index (χ2n) is 5.45. The zero-order valence-electron chi connectivity index (χ0n) is 11.7. The maximum Gasteiger partial charge on any atom is 0.128 e. The first-order valence-electron chi connectivity index (χ1n) is 6.27. The Balaban J connectivity index is 2.83. The van der Waals surface area contributed by atoms with E-state index in [-0.39, 0.29) is 6.04 Å². The molecule has 0 aliphatic heterocycles. The number of ether oxygens (including phenoxy) is 1. The summed E-state index contributed by atoms with van der Waals surface area (Å²) in [5.41, 5.74) is 1.15. The van der Waals surface area contributed by atoms with Crippen LogP contribution in [0.2, 0.25) is 0 Å². The average Bonchev–Trinajstić information content (AvgIpc) is 2.67. The summed E-state index contributed by atoms with van der Waals surface area (Å²) in [6.45, 7) is 7.86. The van der Waals surface area contributed by atoms with Gasteiger partial charge in [-0.15, -0.1) is 0 Å². The van der Waals surface area contributed by atoms with Crippen molar-refractivity contribution in [3.63, 3.8) is 0 Å². The van der Waals surface area contributed by atoms with Gasteiger partial charge in [0.2, 0.25) is 0 Å². The van der Waals surface area contributed by atoms with Crippen LogP contribution < -0.4 is 4.74 Å². The van der Waals surface area contributed by atoms with Crippen LogP contribution in [0, 0.1) is 0 Å². The molecular formula is C15H21NO2. The molecule has 0 fully saturated rings. The van der Waals surface area contributed by atoms with Gasteiger partial charge in [-0.2, -0.15) is 0 Å². The first-order valence-corrected chi connectivity index (χ1v) is 6.27. The van der Waals surface area contributed by atoms with Gasteiger partial charge in [0.1, 0.15) is 5.75 Å². The Hall–Kier alpha value is -1.48. The van der Waals surface area contributed by atoms with E-state index in [0.29, 0.717) is 0 Å². The number of rotatable bonds is 3. The number of benzene rings is 1. The molecule has 0 saturated heterocycles. The molecule has 3 heteroatoms. The van der Waals surface area contributed by atoms with Gasteiger partial charge in [-0.1, -0.05) is 6.07 Å². The van der Waals surface area contributed by atoms with Crippen molar-refractivity contribution in [1.82, 2.24) is 4.57 Å². The van der Waals surface area contributed by atoms with E-state index >= 15 is 0 Å². The van der Waals surface area contributed by atoms with Gasteiger partial charge in [-0.3, -0.25) is 0 Å². The van der Waals surface area contributed by atoms with Crippen LogP contribution in [0.1, 0.15) is 39.4 Å². The van der Waals surface area contributed by atoms with Crippen molar-refractivity contribution >= 4 is 10.9 Å². The van der Waals surface area contributed by atoms with Crippen LogP contribution in [0.4, 0.5) is 0 Å². The third-order valence-corrected chi connectivity index (χ3v) is 3.21. The zero-order chi connectivity index (χ0) is 13.5. The second kappa shape index (κ2) is 4.32. The highest BCUT2D eigenvalue weighted by Gasteiger charge is 2.24. The molecule has 18 heavy (non-hydrogen) atoms. The Morgan fingerprint density at radius 1 is 1.28 bits per heavy atom. The molecule has 0 radical (unpaired) electrons. The fraction of sp³-hybridized carbons (Fsp3) is 0.467. The molecule has 2 rings (SSSR count). The summed E-state index contributed by atoms with van der Waals surface area (Å²) in [7, 11) is 1.67. The van der Waals surface area contributed by atoms with Crippen molar-refractivity contribution in [2.45, 2.75) is 39.3 Å². The summed E-state index contributed by atoms with van der Waals surface area (Å²) in [6.07, 6.45) is 0. The molecule has 0 bridgehead atoms. The second-order valence-corrected chi connectivity index (χ2v) is 5.45. The van der Waals surface area contributed by atoms with Gasteiger partial charge in [0.25, 0.3) is 0 Å². The summed E-state index contributed by atoms with van der Waals surface area (Å²) >= 11 is 0. The van der Waals surface area contributed by atoms with Gasteiger partial charge in [-0.05, 0) is 45.9 Å². The number of hydrogen-bond acceptors (Lipinski definition) is 2. The normalized spacial score (nSPS) is 12.4. The van der Waals surface area contributed by atoms with E-state index < -0.39 is 5.60 Å². The van der Waals surface area contributed by atoms with Crippen LogP contribution in [-0.4, -0.2) is 16.8 Å². The Bertz CT molecular complexity index is 562. The molecule has 0 atom stereocenters. The lowest BCUT2D eigenvalue weighted by molar-refractivity contribution is 0.0691. The fourth-order valence-electron chi connectivity index (χ4n) is 2.43. The predicted molar refractivity (Wildman–Crippen MR) is 74.1 cm³/mol. The van der Waals surface area contributed by atoms with E-state index in [0.717, 1.165) is 22.3 Å². The number of aromatic nitrogens is 1. The highest BCUT2D eigenvalue weighted by atomic mass is 16.5. The van der Waals surface area contributed by atoms with E-state index in [2.05, 4.69) is 24.5 Å². The van der Waals surface area contributed by atoms with Gasteiger partial charge in [-0.25, -0.2) is 0 Å². The minimum absolute atomic E-state index is 0.288. The lowest BCUT2D eigenvalue weighted by Gasteiger charge is -2.23. The molecule has 0 aliphatic rings. The van der Waals surface area contributed by atoms with E-state index in [1.807, 2.05) is 32.0 Å². The van der Waals surface area contributed by atoms with Crippen molar-refractivity contribution in [3.05, 3.63) is 30.0 Å². The van der Waals surface area contributed by atoms with Crippen LogP contribution in [-0.2, 0) is 5.60 Å². The monoisotopic (exact) mass is 247 g/mol. The van der Waals surface area contributed by atoms with Crippen LogP contribution in [0.15, 0.2) is 24.3 Å². The summed E-state index contributed by atoms with van der Waals surface area (Å²) < 4.78 is 7.56. The molecule has 0 spiro atoms. The number of nitrogens with zero attached hydrogens (tertiary/aromatic N) is 1. The number of methoxy groups -OCH3 is 1. The minimum Gasteiger partial charge on any atom is -0.496 e. The van der Waals surface area contributed by atoms with E-state index in [1.54, 1.807) is 7.11 Å². The molecule has 1 aromatic carbocycles. The quantitative estimate of drug-likeness (QED) is 0.901. The van der Waals surface area contributed by atoms with Gasteiger partial charge < -0.3 is 14.4 Å². The Morgan fingerprint density at radius 2 is 1.94 bits per heavy atom. The third kappa shape index (κ3) is 1.99. The van der Waals surface area contributed by atoms with Crippen molar-refractivity contribution < 1.29 is 9.84 Å². The first-order chi connectivity index (χ1) is 8.36. The molecule has 1 heterocycles. The molecule has 1 aromatic heterocycles. The van der Waals surface area contributed by atoms with Gasteiger partial charge in [0.15, 0.2) is 0 Å². The van der Waals surface area contributed by atoms with Gasteiger partial charge >= 0.3 is 0 Å². The minimum atomic E-state index is -0.867. The summed E-state index contributed by atoms with van der Waals surface area (Å²) in [5.74, 6) is 0.845. The molecule has 0 amide bonds. The first kappa shape index (κ1) is 13.0. The zero-order valence-corrected chi connectivity index (χ0v) is 11.7. The molecule has 0 aliphatic carbocycles. The van der Waals surface area contributed by atoms with E-state index in [1.165, 1.54) is 0 Å². The number of aliphatic hydroxyl groups is 1. The molecule has 98 valence electrons. The highest BCUT2D eigenvalue weighted by Crippen LogP contribution is 2.35. The molecule has 0 saturated carbocycles. The lowest BCUT2D eigenvalue weighted by Crippen LogP contribution is -2.21. The SMILES string of the molecule is COc1cccc2c1cc(C(C)(C)O)n2C(C)C. The summed E-state index contributed by atoms with van der Waals surface area (Å²) in [5, 5.41) is 11.4. The number of fused-ring (bicyclic) bond motifs is 1. The Morgan fingerprint density at radius 3 is 2.44 bits per heavy atom. The van der Waals surface area contributed by atoms with E-state index in [9.17, 15) is 5.11 Å². The summed E-state index contributed by atoms with van der Waals surface area (Å²) in [6, 6.07) is 8.30. The summed E-state index contributed by atoms with van der Waals surface area (Å²) in [4.78, 5) is 0. The molecular weight excluding hydrogens is 226 g/mol. The van der Waals surface area contributed by atoms with Gasteiger partial charge in [0, 0.05) is 11.4 Å². The van der Waals surface area contributed by atoms with Crippen molar-refractivity contribution in [3.8, 4) is 5.75 Å². The highest BCUT2D eigenvalue weighted by molar-refractivity contribution is 5.88. The van der Waals surface area contributed by atoms with Gasteiger partial charge in [0.05, 0.1) is 23.9 Å². The van der Waals surface area contributed by atoms with Crippen molar-refractivity contribution in [1.29, 1.82) is 0 Å². The van der Waals surface area contributed by atoms with Crippen LogP contribution in [0.3, 0.4) is 0 Å². The standard InChI is InChI=1S/C15H21NO2/c1-10(2)16-12-7-6-8-13(18-5)11(12)9-14(16)15(3,4)17/h6-10,17H,1-5H3. The topological polar surface area (TPSA) is 34.4 Å². The average molecular weight is 247 g/mol. The Kier molecular flexibility index (Phi) is 3.11. The van der Waals surface area contributed by atoms with Crippen LogP contribution in [0.25, 0.3) is 10.9 Å². The largest absolute Gasteiger partial charge is 0.496 e. The van der Waals surface area contributed by atoms with Crippen LogP contribution in [0.5, 0.6) is 5.75 Å². The maximum absolute atomic E-state index is 10.3. The third-order valence-electron chi connectivity index (χ3n) is 3.21. The van der Waals surface area contributed by atoms with Crippen LogP contribution >= 0.6 is 0 Å². The molecule has 3 nitrogen and oxygen atoms in total. The number of hydrogen-bond donors (Lipinski definition) is 1. The molecule has 0 unspecified atom stereocenters. The predicted octanol–water partition coefficient (Wildman–Crippen LogP) is 3.46.